The lowest BCUT2D eigenvalue weighted by atomic mass is 10.0. The van der Waals surface area contributed by atoms with Crippen LogP contribution in [0.15, 0.2) is 47.5 Å². The van der Waals surface area contributed by atoms with Gasteiger partial charge in [-0.25, -0.2) is 0 Å². The standard InChI is InChI=1S/C19H23N3O2.HI/c1-23-17-10-9-15(11-18(17)24-2)22-19(20)21-12-14-8-7-13-5-3-4-6-16(13)14;/h3-6,9-11,14H,7-8,12H2,1-2H3,(H3,20,21,22);1H. The largest absolute Gasteiger partial charge is 0.493 e. The van der Waals surface area contributed by atoms with E-state index in [-0.39, 0.29) is 24.0 Å². The number of benzene rings is 2. The molecule has 1 aliphatic rings. The Hall–Kier alpha value is -1.96. The van der Waals surface area contributed by atoms with Gasteiger partial charge in [0.15, 0.2) is 17.5 Å². The second-order valence-corrected chi connectivity index (χ2v) is 5.86. The molecular weight excluding hydrogens is 429 g/mol. The van der Waals surface area contributed by atoms with E-state index < -0.39 is 0 Å². The number of nitrogens with one attached hydrogen (secondary N) is 1. The normalized spacial score (nSPS) is 15.9. The third kappa shape index (κ3) is 4.56. The molecule has 0 saturated carbocycles. The minimum Gasteiger partial charge on any atom is -0.493 e. The van der Waals surface area contributed by atoms with E-state index >= 15 is 0 Å². The summed E-state index contributed by atoms with van der Waals surface area (Å²) in [4.78, 5) is 4.51. The van der Waals surface area contributed by atoms with E-state index in [2.05, 4.69) is 34.6 Å². The van der Waals surface area contributed by atoms with Crippen LogP contribution in [0.25, 0.3) is 0 Å². The zero-order valence-corrected chi connectivity index (χ0v) is 16.8. The molecule has 0 aliphatic heterocycles. The summed E-state index contributed by atoms with van der Waals surface area (Å²) in [5.41, 5.74) is 9.69. The van der Waals surface area contributed by atoms with Crippen LogP contribution < -0.4 is 20.5 Å². The summed E-state index contributed by atoms with van der Waals surface area (Å²) in [5.74, 6) is 2.19. The maximum absolute atomic E-state index is 6.03. The predicted molar refractivity (Wildman–Crippen MR) is 113 cm³/mol. The number of anilines is 1. The first kappa shape index (κ1) is 19.4. The summed E-state index contributed by atoms with van der Waals surface area (Å²) in [5, 5.41) is 3.11. The van der Waals surface area contributed by atoms with Crippen LogP contribution in [0.3, 0.4) is 0 Å². The summed E-state index contributed by atoms with van der Waals surface area (Å²) in [6, 6.07) is 14.1. The first-order valence-corrected chi connectivity index (χ1v) is 8.08. The molecule has 2 aromatic rings. The molecule has 2 aromatic carbocycles. The van der Waals surface area contributed by atoms with Crippen LogP contribution >= 0.6 is 24.0 Å². The number of guanidine groups is 1. The highest BCUT2D eigenvalue weighted by Gasteiger charge is 2.21. The summed E-state index contributed by atoms with van der Waals surface area (Å²) >= 11 is 0. The van der Waals surface area contributed by atoms with E-state index in [0.717, 1.165) is 18.5 Å². The van der Waals surface area contributed by atoms with Crippen molar-refractivity contribution in [1.82, 2.24) is 0 Å². The summed E-state index contributed by atoms with van der Waals surface area (Å²) in [7, 11) is 3.22. The molecule has 0 spiro atoms. The summed E-state index contributed by atoms with van der Waals surface area (Å²) in [6.07, 6.45) is 2.26. The van der Waals surface area contributed by atoms with Gasteiger partial charge in [-0.05, 0) is 36.1 Å². The van der Waals surface area contributed by atoms with Gasteiger partial charge in [0.1, 0.15) is 0 Å². The van der Waals surface area contributed by atoms with E-state index in [1.807, 2.05) is 18.2 Å². The molecule has 0 bridgehead atoms. The van der Waals surface area contributed by atoms with Gasteiger partial charge in [0, 0.05) is 24.2 Å². The minimum absolute atomic E-state index is 0. The SMILES string of the molecule is COc1ccc(NC(N)=NCC2CCc3ccccc32)cc1OC.I. The highest BCUT2D eigenvalue weighted by molar-refractivity contribution is 14.0. The Kier molecular flexibility index (Phi) is 6.92. The number of halogens is 1. The highest BCUT2D eigenvalue weighted by atomic mass is 127. The van der Waals surface area contributed by atoms with E-state index in [1.54, 1.807) is 14.2 Å². The van der Waals surface area contributed by atoms with Crippen molar-refractivity contribution >= 4 is 35.6 Å². The fourth-order valence-corrected chi connectivity index (χ4v) is 3.14. The zero-order chi connectivity index (χ0) is 16.9. The quantitative estimate of drug-likeness (QED) is 0.411. The number of methoxy groups -OCH3 is 2. The second-order valence-electron chi connectivity index (χ2n) is 5.86. The van der Waals surface area contributed by atoms with Gasteiger partial charge in [-0.3, -0.25) is 4.99 Å². The number of nitrogens with two attached hydrogens (primary N) is 1. The van der Waals surface area contributed by atoms with Crippen molar-refractivity contribution in [3.05, 3.63) is 53.6 Å². The van der Waals surface area contributed by atoms with Gasteiger partial charge >= 0.3 is 0 Å². The van der Waals surface area contributed by atoms with Crippen molar-refractivity contribution in [2.75, 3.05) is 26.1 Å². The number of fused-ring (bicyclic) bond motifs is 1. The van der Waals surface area contributed by atoms with Crippen molar-refractivity contribution in [2.45, 2.75) is 18.8 Å². The fourth-order valence-electron chi connectivity index (χ4n) is 3.14. The van der Waals surface area contributed by atoms with Crippen molar-refractivity contribution in [3.63, 3.8) is 0 Å². The molecule has 1 aliphatic carbocycles. The van der Waals surface area contributed by atoms with Crippen LogP contribution in [0.5, 0.6) is 11.5 Å². The van der Waals surface area contributed by atoms with Crippen LogP contribution in [0.2, 0.25) is 0 Å². The number of aliphatic imine (C=N–C) groups is 1. The lowest BCUT2D eigenvalue weighted by Gasteiger charge is -2.12. The van der Waals surface area contributed by atoms with Gasteiger partial charge in [-0.15, -0.1) is 24.0 Å². The number of hydrogen-bond acceptors (Lipinski definition) is 3. The van der Waals surface area contributed by atoms with E-state index in [0.29, 0.717) is 29.9 Å². The minimum atomic E-state index is 0. The van der Waals surface area contributed by atoms with Crippen molar-refractivity contribution < 1.29 is 9.47 Å². The molecule has 0 fully saturated rings. The molecule has 5 nitrogen and oxygen atoms in total. The average molecular weight is 453 g/mol. The fraction of sp³-hybridized carbons (Fsp3) is 0.316. The van der Waals surface area contributed by atoms with Gasteiger partial charge in [-0.1, -0.05) is 24.3 Å². The van der Waals surface area contributed by atoms with E-state index in [9.17, 15) is 0 Å². The van der Waals surface area contributed by atoms with Gasteiger partial charge in [0.05, 0.1) is 14.2 Å². The Balaban J connectivity index is 0.00000225. The Morgan fingerprint density at radius 2 is 1.92 bits per heavy atom. The van der Waals surface area contributed by atoms with Crippen LogP contribution in [0.1, 0.15) is 23.5 Å². The predicted octanol–water partition coefficient (Wildman–Crippen LogP) is 3.78. The van der Waals surface area contributed by atoms with Crippen molar-refractivity contribution in [1.29, 1.82) is 0 Å². The molecule has 1 atom stereocenters. The third-order valence-electron chi connectivity index (χ3n) is 4.40. The second kappa shape index (κ2) is 8.94. The lowest BCUT2D eigenvalue weighted by molar-refractivity contribution is 0.355. The molecule has 0 radical (unpaired) electrons. The zero-order valence-electron chi connectivity index (χ0n) is 14.5. The van der Waals surface area contributed by atoms with E-state index in [1.165, 1.54) is 11.1 Å². The van der Waals surface area contributed by atoms with Crippen LogP contribution in [0.4, 0.5) is 5.69 Å². The van der Waals surface area contributed by atoms with Gasteiger partial charge < -0.3 is 20.5 Å². The number of aryl methyl sites for hydroxylation is 1. The van der Waals surface area contributed by atoms with Gasteiger partial charge in [0.2, 0.25) is 0 Å². The molecule has 25 heavy (non-hydrogen) atoms. The molecule has 0 saturated heterocycles. The molecule has 1 unspecified atom stereocenters. The molecule has 0 heterocycles. The number of hydrogen-bond donors (Lipinski definition) is 2. The Morgan fingerprint density at radius 3 is 2.68 bits per heavy atom. The topological polar surface area (TPSA) is 68.9 Å². The average Bonchev–Trinajstić information content (AvgIpc) is 3.03. The highest BCUT2D eigenvalue weighted by Crippen LogP contribution is 2.33. The van der Waals surface area contributed by atoms with Gasteiger partial charge in [-0.2, -0.15) is 0 Å². The van der Waals surface area contributed by atoms with Crippen LogP contribution in [-0.2, 0) is 6.42 Å². The Bertz CT molecular complexity index is 749. The molecule has 3 N–H and O–H groups in total. The Morgan fingerprint density at radius 1 is 1.16 bits per heavy atom. The number of nitrogens with zero attached hydrogens (tertiary/aromatic N) is 1. The molecule has 0 aromatic heterocycles. The third-order valence-corrected chi connectivity index (χ3v) is 4.40. The lowest BCUT2D eigenvalue weighted by Crippen LogP contribution is -2.23. The molecule has 0 amide bonds. The number of rotatable bonds is 5. The van der Waals surface area contributed by atoms with Crippen molar-refractivity contribution in [2.24, 2.45) is 10.7 Å². The van der Waals surface area contributed by atoms with Gasteiger partial charge in [0.25, 0.3) is 0 Å². The molecule has 3 rings (SSSR count). The van der Waals surface area contributed by atoms with E-state index in [4.69, 9.17) is 15.2 Å². The maximum Gasteiger partial charge on any atom is 0.193 e. The maximum atomic E-state index is 6.03. The molecule has 6 heteroatoms. The van der Waals surface area contributed by atoms with Crippen molar-refractivity contribution in [3.8, 4) is 11.5 Å². The van der Waals surface area contributed by atoms with Crippen LogP contribution in [0, 0.1) is 0 Å². The molecular formula is C19H24IN3O2. The summed E-state index contributed by atoms with van der Waals surface area (Å²) < 4.78 is 10.5. The number of ether oxygens (including phenoxy) is 2. The Labute approximate surface area is 165 Å². The molecule has 134 valence electrons. The monoisotopic (exact) mass is 453 g/mol. The smallest absolute Gasteiger partial charge is 0.193 e. The first-order valence-electron chi connectivity index (χ1n) is 8.08. The first-order chi connectivity index (χ1) is 11.7. The van der Waals surface area contributed by atoms with Crippen LogP contribution in [-0.4, -0.2) is 26.7 Å². The summed E-state index contributed by atoms with van der Waals surface area (Å²) in [6.45, 7) is 0.698.